The van der Waals surface area contributed by atoms with Crippen LogP contribution in [0.1, 0.15) is 0 Å². The summed E-state index contributed by atoms with van der Waals surface area (Å²) in [4.78, 5) is 6.59. The van der Waals surface area contributed by atoms with E-state index in [1.165, 1.54) is 32.6 Å². The number of hydrogen-bond donors (Lipinski definition) is 1. The van der Waals surface area contributed by atoms with E-state index in [-0.39, 0.29) is 0 Å². The molecule has 0 aliphatic carbocycles. The molecule has 17 heavy (non-hydrogen) atoms. The summed E-state index contributed by atoms with van der Waals surface area (Å²) < 4.78 is 0. The molecule has 0 aliphatic heterocycles. The molecule has 0 bridgehead atoms. The van der Waals surface area contributed by atoms with Gasteiger partial charge in [0.2, 0.25) is 0 Å². The second-order valence-electron chi connectivity index (χ2n) is 4.34. The lowest BCUT2D eigenvalue weighted by Crippen LogP contribution is -1.96. The summed E-state index contributed by atoms with van der Waals surface area (Å²) in [5.41, 5.74) is 2.40. The van der Waals surface area contributed by atoms with E-state index >= 15 is 0 Å². The second kappa shape index (κ2) is 3.08. The number of aromatic amines is 2. The Morgan fingerprint density at radius 3 is 2.76 bits per heavy atom. The highest BCUT2D eigenvalue weighted by atomic mass is 14.7. The van der Waals surface area contributed by atoms with Crippen LogP contribution in [0.5, 0.6) is 0 Å². The number of para-hydroxylation sites is 1. The Kier molecular flexibility index (Phi) is 1.59. The van der Waals surface area contributed by atoms with E-state index in [2.05, 4.69) is 52.4 Å². The molecule has 0 spiro atoms. The van der Waals surface area contributed by atoms with Gasteiger partial charge in [0.25, 0.3) is 0 Å². The summed E-state index contributed by atoms with van der Waals surface area (Å²) in [7, 11) is 0. The number of hydrogen-bond acceptors (Lipinski definition) is 0. The SMILES string of the molecule is c1ccc2c(c1)[nH]c1cc3cc[nH+]cc3cc12. The molecule has 0 fully saturated rings. The predicted octanol–water partition coefficient (Wildman–Crippen LogP) is 3.29. The summed E-state index contributed by atoms with van der Waals surface area (Å²) in [5, 5.41) is 5.06. The van der Waals surface area contributed by atoms with Gasteiger partial charge in [0.1, 0.15) is 0 Å². The Morgan fingerprint density at radius 1 is 0.824 bits per heavy atom. The zero-order chi connectivity index (χ0) is 11.2. The van der Waals surface area contributed by atoms with Gasteiger partial charge in [-0.25, -0.2) is 4.98 Å². The molecular weight excluding hydrogens is 208 g/mol. The molecule has 2 heteroatoms. The summed E-state index contributed by atoms with van der Waals surface area (Å²) >= 11 is 0. The monoisotopic (exact) mass is 219 g/mol. The minimum atomic E-state index is 1.20. The normalized spacial score (nSPS) is 11.5. The van der Waals surface area contributed by atoms with Crippen LogP contribution in [-0.4, -0.2) is 4.98 Å². The van der Waals surface area contributed by atoms with Crippen LogP contribution < -0.4 is 4.98 Å². The molecule has 0 saturated heterocycles. The zero-order valence-electron chi connectivity index (χ0n) is 9.20. The first-order valence-corrected chi connectivity index (χ1v) is 5.72. The molecule has 4 rings (SSSR count). The van der Waals surface area contributed by atoms with Crippen molar-refractivity contribution in [2.45, 2.75) is 0 Å². The van der Waals surface area contributed by atoms with Crippen LogP contribution in [0.3, 0.4) is 0 Å². The third-order valence-electron chi connectivity index (χ3n) is 3.31. The van der Waals surface area contributed by atoms with Crippen molar-refractivity contribution in [3.8, 4) is 0 Å². The first kappa shape index (κ1) is 8.76. The summed E-state index contributed by atoms with van der Waals surface area (Å²) in [5.74, 6) is 0. The van der Waals surface area contributed by atoms with Crippen molar-refractivity contribution in [2.24, 2.45) is 0 Å². The Hall–Kier alpha value is -2.35. The Labute approximate surface area is 97.9 Å². The fourth-order valence-electron chi connectivity index (χ4n) is 2.48. The number of benzene rings is 2. The van der Waals surface area contributed by atoms with Gasteiger partial charge in [-0.2, -0.15) is 0 Å². The molecule has 2 N–H and O–H groups in total. The Balaban J connectivity index is 2.28. The second-order valence-corrected chi connectivity index (χ2v) is 4.34. The van der Waals surface area contributed by atoms with Crippen molar-refractivity contribution in [3.63, 3.8) is 0 Å². The number of pyridine rings is 1. The topological polar surface area (TPSA) is 29.9 Å². The molecule has 2 nitrogen and oxygen atoms in total. The highest BCUT2D eigenvalue weighted by Crippen LogP contribution is 2.28. The number of nitrogens with one attached hydrogen (secondary N) is 2. The maximum absolute atomic E-state index is 3.46. The minimum Gasteiger partial charge on any atom is -0.354 e. The van der Waals surface area contributed by atoms with Crippen LogP contribution in [0.15, 0.2) is 54.9 Å². The van der Waals surface area contributed by atoms with Gasteiger partial charge in [0, 0.05) is 33.3 Å². The van der Waals surface area contributed by atoms with E-state index in [1.807, 2.05) is 12.4 Å². The van der Waals surface area contributed by atoms with Crippen molar-refractivity contribution in [1.82, 2.24) is 4.98 Å². The minimum absolute atomic E-state index is 1.20. The van der Waals surface area contributed by atoms with Crippen LogP contribution in [0.4, 0.5) is 0 Å². The average molecular weight is 219 g/mol. The van der Waals surface area contributed by atoms with Gasteiger partial charge < -0.3 is 4.98 Å². The third kappa shape index (κ3) is 1.18. The highest BCUT2D eigenvalue weighted by Gasteiger charge is 2.05. The average Bonchev–Trinajstić information content (AvgIpc) is 2.73. The Bertz CT molecular complexity index is 837. The van der Waals surface area contributed by atoms with E-state index in [9.17, 15) is 0 Å². The standard InChI is InChI=1S/C15H10N2/c1-2-4-14-12(3-1)13-7-11-9-16-6-5-10(11)8-15(13)17-14/h1-9,17H/p+1. The first-order chi connectivity index (χ1) is 8.42. The molecule has 2 aromatic heterocycles. The lowest BCUT2D eigenvalue weighted by molar-refractivity contribution is -0.375. The molecule has 0 saturated carbocycles. The number of aromatic nitrogens is 2. The van der Waals surface area contributed by atoms with E-state index in [0.29, 0.717) is 0 Å². The number of rotatable bonds is 0. The van der Waals surface area contributed by atoms with E-state index in [1.54, 1.807) is 0 Å². The fraction of sp³-hybridized carbons (Fsp3) is 0. The van der Waals surface area contributed by atoms with Crippen molar-refractivity contribution < 1.29 is 4.98 Å². The maximum atomic E-state index is 3.46. The molecule has 4 aromatic rings. The van der Waals surface area contributed by atoms with Crippen molar-refractivity contribution in [1.29, 1.82) is 0 Å². The number of H-pyrrole nitrogens is 2. The molecule has 0 amide bonds. The zero-order valence-corrected chi connectivity index (χ0v) is 9.20. The van der Waals surface area contributed by atoms with Crippen LogP contribution in [0.25, 0.3) is 32.6 Å². The molecule has 80 valence electrons. The molecule has 0 atom stereocenters. The molecular formula is C15H11N2+. The molecule has 0 aliphatic rings. The summed E-state index contributed by atoms with van der Waals surface area (Å²) in [6.07, 6.45) is 3.99. The Morgan fingerprint density at radius 2 is 1.76 bits per heavy atom. The quantitative estimate of drug-likeness (QED) is 0.470. The van der Waals surface area contributed by atoms with Crippen molar-refractivity contribution in [2.75, 3.05) is 0 Å². The first-order valence-electron chi connectivity index (χ1n) is 5.72. The lowest BCUT2D eigenvalue weighted by atomic mass is 10.1. The van der Waals surface area contributed by atoms with Crippen LogP contribution >= 0.6 is 0 Å². The number of fused-ring (bicyclic) bond motifs is 4. The van der Waals surface area contributed by atoms with E-state index in [0.717, 1.165) is 0 Å². The molecule has 0 unspecified atom stereocenters. The fourth-order valence-corrected chi connectivity index (χ4v) is 2.48. The maximum Gasteiger partial charge on any atom is 0.174 e. The van der Waals surface area contributed by atoms with Crippen LogP contribution in [0.2, 0.25) is 0 Å². The third-order valence-corrected chi connectivity index (χ3v) is 3.31. The van der Waals surface area contributed by atoms with Gasteiger partial charge in [-0.1, -0.05) is 18.2 Å². The largest absolute Gasteiger partial charge is 0.354 e. The van der Waals surface area contributed by atoms with E-state index in [4.69, 9.17) is 0 Å². The molecule has 0 radical (unpaired) electrons. The van der Waals surface area contributed by atoms with Crippen LogP contribution in [-0.2, 0) is 0 Å². The van der Waals surface area contributed by atoms with E-state index < -0.39 is 0 Å². The van der Waals surface area contributed by atoms with Gasteiger partial charge >= 0.3 is 0 Å². The van der Waals surface area contributed by atoms with Gasteiger partial charge in [-0.3, -0.25) is 0 Å². The summed E-state index contributed by atoms with van der Waals surface area (Å²) in [6, 6.07) is 15.0. The van der Waals surface area contributed by atoms with Gasteiger partial charge in [-0.15, -0.1) is 0 Å². The van der Waals surface area contributed by atoms with Crippen molar-refractivity contribution >= 4 is 32.6 Å². The van der Waals surface area contributed by atoms with Gasteiger partial charge in [0.05, 0.1) is 0 Å². The smallest absolute Gasteiger partial charge is 0.174 e. The van der Waals surface area contributed by atoms with Gasteiger partial charge in [-0.05, 0) is 23.6 Å². The van der Waals surface area contributed by atoms with Gasteiger partial charge in [0.15, 0.2) is 12.4 Å². The molecule has 2 heterocycles. The van der Waals surface area contributed by atoms with Crippen molar-refractivity contribution in [3.05, 3.63) is 54.9 Å². The highest BCUT2D eigenvalue weighted by molar-refractivity contribution is 6.11. The lowest BCUT2D eigenvalue weighted by Gasteiger charge is -1.94. The predicted molar refractivity (Wildman–Crippen MR) is 69.9 cm³/mol. The van der Waals surface area contributed by atoms with Crippen LogP contribution in [0, 0.1) is 0 Å². The summed E-state index contributed by atoms with van der Waals surface area (Å²) in [6.45, 7) is 0. The molecule has 2 aromatic carbocycles.